The normalized spacial score (nSPS) is 15.1. The van der Waals surface area contributed by atoms with E-state index in [1.807, 2.05) is 24.3 Å². The average molecular weight is 571 g/mol. The molecule has 0 aromatic heterocycles. The molecule has 3 rings (SSSR count). The summed E-state index contributed by atoms with van der Waals surface area (Å²) in [6.45, 7) is 1.41. The molecule has 2 aromatic carbocycles. The van der Waals surface area contributed by atoms with Crippen molar-refractivity contribution in [3.63, 3.8) is 0 Å². The monoisotopic (exact) mass is 569 g/mol. The number of rotatable bonds is 9. The third-order valence-electron chi connectivity index (χ3n) is 5.93. The Morgan fingerprint density at radius 3 is 2.24 bits per heavy atom. The van der Waals surface area contributed by atoms with Crippen molar-refractivity contribution in [2.45, 2.75) is 51.2 Å². The molecule has 0 bridgehead atoms. The first-order chi connectivity index (χ1) is 16.0. The van der Waals surface area contributed by atoms with Gasteiger partial charge >= 0.3 is 0 Å². The first-order valence-corrected chi connectivity index (χ1v) is 14.1. The summed E-state index contributed by atoms with van der Waals surface area (Å²) in [4.78, 5) is 28.0. The molecule has 1 fully saturated rings. The van der Waals surface area contributed by atoms with Gasteiger partial charge in [-0.1, -0.05) is 52.5 Å². The van der Waals surface area contributed by atoms with Crippen LogP contribution in [0.5, 0.6) is 0 Å². The van der Waals surface area contributed by atoms with E-state index in [4.69, 9.17) is 11.6 Å². The van der Waals surface area contributed by atoms with Crippen molar-refractivity contribution < 1.29 is 18.0 Å². The van der Waals surface area contributed by atoms with Crippen LogP contribution in [-0.2, 0) is 26.2 Å². The molecule has 0 spiro atoms. The first kappa shape index (κ1) is 26.5. The smallest absolute Gasteiger partial charge is 0.244 e. The average Bonchev–Trinajstić information content (AvgIpc) is 3.29. The lowest BCUT2D eigenvalue weighted by atomic mass is 10.1. The number of sulfonamides is 1. The van der Waals surface area contributed by atoms with Crippen LogP contribution in [0.2, 0.25) is 5.02 Å². The summed E-state index contributed by atoms with van der Waals surface area (Å²) in [5, 5.41) is 3.50. The lowest BCUT2D eigenvalue weighted by molar-refractivity contribution is -0.139. The van der Waals surface area contributed by atoms with Crippen molar-refractivity contribution >= 4 is 55.1 Å². The fraction of sp³-hybridized carbons (Fsp3) is 0.417. The highest BCUT2D eigenvalue weighted by atomic mass is 79.9. The topological polar surface area (TPSA) is 86.8 Å². The molecule has 0 heterocycles. The van der Waals surface area contributed by atoms with Crippen molar-refractivity contribution in [3.05, 3.63) is 63.6 Å². The van der Waals surface area contributed by atoms with Gasteiger partial charge in [0.25, 0.3) is 0 Å². The fourth-order valence-corrected chi connectivity index (χ4v) is 5.22. The van der Waals surface area contributed by atoms with Gasteiger partial charge in [0, 0.05) is 22.1 Å². The second-order valence-corrected chi connectivity index (χ2v) is 11.8. The Morgan fingerprint density at radius 1 is 1.09 bits per heavy atom. The number of carbonyl (C=O) groups excluding carboxylic acids is 2. The van der Waals surface area contributed by atoms with Gasteiger partial charge in [0.15, 0.2) is 0 Å². The summed E-state index contributed by atoms with van der Waals surface area (Å²) in [7, 11) is -3.77. The molecule has 1 saturated carbocycles. The van der Waals surface area contributed by atoms with Gasteiger partial charge in [0.05, 0.1) is 11.9 Å². The molecule has 0 saturated heterocycles. The van der Waals surface area contributed by atoms with Gasteiger partial charge in [-0.15, -0.1) is 0 Å². The summed E-state index contributed by atoms with van der Waals surface area (Å²) in [5.74, 6) is -0.716. The van der Waals surface area contributed by atoms with Crippen molar-refractivity contribution in [2.24, 2.45) is 0 Å². The molecular weight excluding hydrogens is 542 g/mol. The Hall–Kier alpha value is -2.10. The standard InChI is InChI=1S/C24H29BrClN3O4S/c1-17(24(31)27-21-5-3-4-6-21)28(15-18-7-9-19(25)10-8-18)23(30)16-29(34(2,32)33)22-13-11-20(26)12-14-22/h7-14,17,21H,3-6,15-16H2,1-2H3,(H,27,31)/t17-/m1/s1. The molecule has 1 aliphatic rings. The number of anilines is 1. The van der Waals surface area contributed by atoms with Crippen molar-refractivity contribution in [2.75, 3.05) is 17.1 Å². The Morgan fingerprint density at radius 2 is 1.68 bits per heavy atom. The minimum Gasteiger partial charge on any atom is -0.352 e. The highest BCUT2D eigenvalue weighted by molar-refractivity contribution is 9.10. The minimum atomic E-state index is -3.77. The summed E-state index contributed by atoms with van der Waals surface area (Å²) in [5.41, 5.74) is 1.15. The Bertz CT molecular complexity index is 1100. The fourth-order valence-electron chi connectivity index (χ4n) is 3.98. The van der Waals surface area contributed by atoms with Crippen molar-refractivity contribution in [1.29, 1.82) is 0 Å². The lowest BCUT2D eigenvalue weighted by Crippen LogP contribution is -2.52. The lowest BCUT2D eigenvalue weighted by Gasteiger charge is -2.32. The Kier molecular flexibility index (Phi) is 9.01. The zero-order chi connectivity index (χ0) is 24.9. The molecule has 0 aliphatic heterocycles. The van der Waals surface area contributed by atoms with E-state index in [0.29, 0.717) is 10.7 Å². The number of hydrogen-bond donors (Lipinski definition) is 1. The Balaban J connectivity index is 1.86. The molecule has 34 heavy (non-hydrogen) atoms. The van der Waals surface area contributed by atoms with Crippen LogP contribution in [0.25, 0.3) is 0 Å². The van der Waals surface area contributed by atoms with Crippen LogP contribution in [-0.4, -0.2) is 50.0 Å². The van der Waals surface area contributed by atoms with E-state index in [-0.39, 0.29) is 18.5 Å². The molecule has 2 amide bonds. The maximum absolute atomic E-state index is 13.5. The summed E-state index contributed by atoms with van der Waals surface area (Å²) >= 11 is 9.34. The summed E-state index contributed by atoms with van der Waals surface area (Å²) < 4.78 is 27.0. The predicted molar refractivity (Wildman–Crippen MR) is 138 cm³/mol. The van der Waals surface area contributed by atoms with E-state index in [1.165, 1.54) is 4.90 Å². The predicted octanol–water partition coefficient (Wildman–Crippen LogP) is 4.34. The maximum atomic E-state index is 13.5. The van der Waals surface area contributed by atoms with E-state index in [2.05, 4.69) is 21.2 Å². The van der Waals surface area contributed by atoms with E-state index >= 15 is 0 Å². The second-order valence-electron chi connectivity index (χ2n) is 8.56. The van der Waals surface area contributed by atoms with Crippen LogP contribution in [0.15, 0.2) is 53.0 Å². The number of nitrogens with zero attached hydrogens (tertiary/aromatic N) is 2. The number of carbonyl (C=O) groups is 2. The summed E-state index contributed by atoms with van der Waals surface area (Å²) in [6.07, 6.45) is 5.05. The van der Waals surface area contributed by atoms with Crippen LogP contribution in [0.1, 0.15) is 38.2 Å². The quantitative estimate of drug-likeness (QED) is 0.486. The highest BCUT2D eigenvalue weighted by Gasteiger charge is 2.31. The van der Waals surface area contributed by atoms with E-state index in [1.54, 1.807) is 31.2 Å². The third-order valence-corrected chi connectivity index (χ3v) is 7.85. The van der Waals surface area contributed by atoms with Gasteiger partial charge in [0.1, 0.15) is 12.6 Å². The van der Waals surface area contributed by atoms with E-state index < -0.39 is 28.5 Å². The number of benzene rings is 2. The molecule has 1 atom stereocenters. The molecule has 10 heteroatoms. The van der Waals surface area contributed by atoms with Crippen LogP contribution in [0.4, 0.5) is 5.69 Å². The SMILES string of the molecule is C[C@H](C(=O)NC1CCCC1)N(Cc1ccc(Br)cc1)C(=O)CN(c1ccc(Cl)cc1)S(C)(=O)=O. The van der Waals surface area contributed by atoms with Gasteiger partial charge in [0.2, 0.25) is 21.8 Å². The Labute approximate surface area is 214 Å². The minimum absolute atomic E-state index is 0.112. The second kappa shape index (κ2) is 11.6. The number of amides is 2. The van der Waals surface area contributed by atoms with Gasteiger partial charge < -0.3 is 10.2 Å². The number of hydrogen-bond acceptors (Lipinski definition) is 4. The van der Waals surface area contributed by atoms with E-state index in [0.717, 1.165) is 46.3 Å². The molecular formula is C24H29BrClN3O4S. The first-order valence-electron chi connectivity index (χ1n) is 11.1. The van der Waals surface area contributed by atoms with Crippen molar-refractivity contribution in [1.82, 2.24) is 10.2 Å². The molecule has 1 N–H and O–H groups in total. The molecule has 0 unspecified atom stereocenters. The molecule has 184 valence electrons. The molecule has 2 aromatic rings. The molecule has 0 radical (unpaired) electrons. The van der Waals surface area contributed by atoms with Crippen LogP contribution >= 0.6 is 27.5 Å². The number of halogens is 2. The van der Waals surface area contributed by atoms with Gasteiger partial charge in [-0.3, -0.25) is 13.9 Å². The van der Waals surface area contributed by atoms with E-state index in [9.17, 15) is 18.0 Å². The molecule has 1 aliphatic carbocycles. The zero-order valence-electron chi connectivity index (χ0n) is 19.2. The highest BCUT2D eigenvalue weighted by Crippen LogP contribution is 2.22. The zero-order valence-corrected chi connectivity index (χ0v) is 22.4. The van der Waals surface area contributed by atoms with Gasteiger partial charge in [-0.05, 0) is 61.7 Å². The third kappa shape index (κ3) is 7.20. The van der Waals surface area contributed by atoms with Crippen LogP contribution in [0, 0.1) is 0 Å². The largest absolute Gasteiger partial charge is 0.352 e. The van der Waals surface area contributed by atoms with Crippen LogP contribution in [0.3, 0.4) is 0 Å². The summed E-state index contributed by atoms with van der Waals surface area (Å²) in [6, 6.07) is 13.0. The van der Waals surface area contributed by atoms with Crippen LogP contribution < -0.4 is 9.62 Å². The van der Waals surface area contributed by atoms with Crippen molar-refractivity contribution in [3.8, 4) is 0 Å². The molecule has 7 nitrogen and oxygen atoms in total. The maximum Gasteiger partial charge on any atom is 0.244 e. The number of nitrogens with one attached hydrogen (secondary N) is 1. The van der Waals surface area contributed by atoms with Gasteiger partial charge in [-0.25, -0.2) is 8.42 Å². The van der Waals surface area contributed by atoms with Gasteiger partial charge in [-0.2, -0.15) is 0 Å².